The predicted octanol–water partition coefficient (Wildman–Crippen LogP) is 1.19. The van der Waals surface area contributed by atoms with Crippen molar-refractivity contribution >= 4 is 11.7 Å². The Bertz CT molecular complexity index is 399. The molecule has 2 heterocycles. The van der Waals surface area contributed by atoms with Gasteiger partial charge >= 0.3 is 0 Å². The lowest BCUT2D eigenvalue weighted by Gasteiger charge is -2.24. The Kier molecular flexibility index (Phi) is 4.15. The van der Waals surface area contributed by atoms with Gasteiger partial charge in [0.2, 0.25) is 5.91 Å². The van der Waals surface area contributed by atoms with E-state index in [1.54, 1.807) is 24.1 Å². The molecule has 1 aliphatic heterocycles. The van der Waals surface area contributed by atoms with Crippen molar-refractivity contribution in [3.63, 3.8) is 0 Å². The third kappa shape index (κ3) is 3.43. The summed E-state index contributed by atoms with van der Waals surface area (Å²) in [6.07, 6.45) is 4.00. The number of aromatic nitrogens is 1. The smallest absolute Gasteiger partial charge is 0.219 e. The molecule has 98 valence electrons. The zero-order chi connectivity index (χ0) is 13.0. The number of ether oxygens (including phenoxy) is 1. The molecule has 1 fully saturated rings. The molecule has 18 heavy (non-hydrogen) atoms. The minimum Gasteiger partial charge on any atom is -0.384 e. The monoisotopic (exact) mass is 249 g/mol. The fourth-order valence-corrected chi connectivity index (χ4v) is 2.09. The molecule has 2 rings (SSSR count). The van der Waals surface area contributed by atoms with Crippen molar-refractivity contribution in [2.24, 2.45) is 0 Å². The van der Waals surface area contributed by atoms with E-state index in [0.717, 1.165) is 25.0 Å². The second kappa shape index (κ2) is 5.82. The number of nitrogen functional groups attached to an aromatic ring is 1. The Morgan fingerprint density at radius 3 is 3.00 bits per heavy atom. The number of rotatable bonds is 4. The Labute approximate surface area is 107 Å². The van der Waals surface area contributed by atoms with E-state index >= 15 is 0 Å². The van der Waals surface area contributed by atoms with E-state index in [2.05, 4.69) is 4.98 Å². The molecule has 1 aliphatic rings. The first-order valence-electron chi connectivity index (χ1n) is 6.22. The maximum atomic E-state index is 11.6. The summed E-state index contributed by atoms with van der Waals surface area (Å²) >= 11 is 0. The number of hydrogen-bond acceptors (Lipinski definition) is 4. The molecule has 1 amide bonds. The van der Waals surface area contributed by atoms with Gasteiger partial charge in [-0.15, -0.1) is 0 Å². The number of carbonyl (C=O) groups excluding carboxylic acids is 1. The lowest BCUT2D eigenvalue weighted by molar-refractivity contribution is -0.131. The summed E-state index contributed by atoms with van der Waals surface area (Å²) < 4.78 is 5.56. The number of amides is 1. The molecule has 0 bridgehead atoms. The molecule has 2 N–H and O–H groups in total. The first-order valence-corrected chi connectivity index (χ1v) is 6.22. The van der Waals surface area contributed by atoms with E-state index in [-0.39, 0.29) is 12.0 Å². The fourth-order valence-electron chi connectivity index (χ4n) is 2.09. The van der Waals surface area contributed by atoms with Crippen molar-refractivity contribution in [2.45, 2.75) is 32.4 Å². The maximum Gasteiger partial charge on any atom is 0.219 e. The van der Waals surface area contributed by atoms with Crippen molar-refractivity contribution < 1.29 is 9.53 Å². The molecule has 5 heteroatoms. The molecule has 1 aromatic rings. The topological polar surface area (TPSA) is 68.5 Å². The number of hydrogen-bond donors (Lipinski definition) is 1. The third-order valence-electron chi connectivity index (χ3n) is 3.11. The van der Waals surface area contributed by atoms with Gasteiger partial charge in [0, 0.05) is 32.8 Å². The zero-order valence-corrected chi connectivity index (χ0v) is 10.6. The van der Waals surface area contributed by atoms with Gasteiger partial charge in [-0.1, -0.05) is 6.07 Å². The van der Waals surface area contributed by atoms with Crippen LogP contribution in [-0.2, 0) is 16.1 Å². The fraction of sp³-hybridized carbons (Fsp3) is 0.538. The zero-order valence-electron chi connectivity index (χ0n) is 10.6. The van der Waals surface area contributed by atoms with Gasteiger partial charge in [-0.3, -0.25) is 4.79 Å². The highest BCUT2D eigenvalue weighted by molar-refractivity contribution is 5.73. The van der Waals surface area contributed by atoms with Gasteiger partial charge in [0.15, 0.2) is 0 Å². The van der Waals surface area contributed by atoms with Gasteiger partial charge < -0.3 is 15.4 Å². The highest BCUT2D eigenvalue weighted by atomic mass is 16.5. The Hall–Kier alpha value is -1.62. The highest BCUT2D eigenvalue weighted by Crippen LogP contribution is 2.15. The van der Waals surface area contributed by atoms with Crippen molar-refractivity contribution in [1.82, 2.24) is 9.88 Å². The van der Waals surface area contributed by atoms with E-state index in [1.165, 1.54) is 0 Å². The SMILES string of the molecule is CC(=O)N(Cc1ccc(N)nc1)C[C@@H]1CCCO1. The lowest BCUT2D eigenvalue weighted by atomic mass is 10.2. The second-order valence-electron chi connectivity index (χ2n) is 4.63. The molecule has 5 nitrogen and oxygen atoms in total. The molecule has 1 atom stereocenters. The Morgan fingerprint density at radius 1 is 1.61 bits per heavy atom. The van der Waals surface area contributed by atoms with Gasteiger partial charge in [0.25, 0.3) is 0 Å². The number of nitrogens with zero attached hydrogens (tertiary/aromatic N) is 2. The van der Waals surface area contributed by atoms with Crippen LogP contribution in [0.15, 0.2) is 18.3 Å². The summed E-state index contributed by atoms with van der Waals surface area (Å²) in [5.41, 5.74) is 6.52. The standard InChI is InChI=1S/C13H19N3O2/c1-10(17)16(9-12-3-2-6-18-12)8-11-4-5-13(14)15-7-11/h4-5,7,12H,2-3,6,8-9H2,1H3,(H2,14,15)/t12-/m0/s1. The van der Waals surface area contributed by atoms with Crippen molar-refractivity contribution in [3.8, 4) is 0 Å². The summed E-state index contributed by atoms with van der Waals surface area (Å²) in [6.45, 7) is 3.60. The van der Waals surface area contributed by atoms with E-state index in [0.29, 0.717) is 18.9 Å². The molecule has 0 unspecified atom stereocenters. The van der Waals surface area contributed by atoms with Crippen LogP contribution >= 0.6 is 0 Å². The van der Waals surface area contributed by atoms with Crippen LogP contribution in [0.25, 0.3) is 0 Å². The van der Waals surface area contributed by atoms with Crippen molar-refractivity contribution in [3.05, 3.63) is 23.9 Å². The molecule has 1 saturated heterocycles. The molecule has 1 aromatic heterocycles. The van der Waals surface area contributed by atoms with Crippen LogP contribution in [0.4, 0.5) is 5.82 Å². The summed E-state index contributed by atoms with van der Waals surface area (Å²) in [5, 5.41) is 0. The summed E-state index contributed by atoms with van der Waals surface area (Å²) in [4.78, 5) is 17.5. The van der Waals surface area contributed by atoms with Gasteiger partial charge in [-0.2, -0.15) is 0 Å². The normalized spacial score (nSPS) is 18.8. The third-order valence-corrected chi connectivity index (χ3v) is 3.11. The van der Waals surface area contributed by atoms with Crippen LogP contribution in [0.2, 0.25) is 0 Å². The highest BCUT2D eigenvalue weighted by Gasteiger charge is 2.20. The van der Waals surface area contributed by atoms with Crippen molar-refractivity contribution in [2.75, 3.05) is 18.9 Å². The van der Waals surface area contributed by atoms with Crippen LogP contribution in [-0.4, -0.2) is 35.0 Å². The van der Waals surface area contributed by atoms with Gasteiger partial charge in [0.1, 0.15) is 5.82 Å². The van der Waals surface area contributed by atoms with Crippen LogP contribution < -0.4 is 5.73 Å². The summed E-state index contributed by atoms with van der Waals surface area (Å²) in [7, 11) is 0. The van der Waals surface area contributed by atoms with E-state index < -0.39 is 0 Å². The molecule has 0 spiro atoms. The number of anilines is 1. The minimum absolute atomic E-state index is 0.0577. The molecule has 0 radical (unpaired) electrons. The van der Waals surface area contributed by atoms with E-state index in [1.807, 2.05) is 6.07 Å². The Balaban J connectivity index is 1.97. The summed E-state index contributed by atoms with van der Waals surface area (Å²) in [5.74, 6) is 0.551. The predicted molar refractivity (Wildman–Crippen MR) is 68.7 cm³/mol. The average Bonchev–Trinajstić information content (AvgIpc) is 2.84. The van der Waals surface area contributed by atoms with E-state index in [9.17, 15) is 4.79 Å². The van der Waals surface area contributed by atoms with Crippen LogP contribution in [0.5, 0.6) is 0 Å². The number of nitrogens with two attached hydrogens (primary N) is 1. The van der Waals surface area contributed by atoms with E-state index in [4.69, 9.17) is 10.5 Å². The molecule has 0 saturated carbocycles. The number of pyridine rings is 1. The summed E-state index contributed by atoms with van der Waals surface area (Å²) in [6, 6.07) is 3.65. The maximum absolute atomic E-state index is 11.6. The molecular formula is C13H19N3O2. The molecular weight excluding hydrogens is 230 g/mol. The first-order chi connectivity index (χ1) is 8.65. The largest absolute Gasteiger partial charge is 0.384 e. The van der Waals surface area contributed by atoms with Gasteiger partial charge in [0.05, 0.1) is 6.10 Å². The quantitative estimate of drug-likeness (QED) is 0.870. The van der Waals surface area contributed by atoms with Crippen LogP contribution in [0.3, 0.4) is 0 Å². The number of carbonyl (C=O) groups is 1. The van der Waals surface area contributed by atoms with Gasteiger partial charge in [-0.25, -0.2) is 4.98 Å². The molecule has 0 aliphatic carbocycles. The van der Waals surface area contributed by atoms with Gasteiger partial charge in [-0.05, 0) is 24.5 Å². The first kappa shape index (κ1) is 12.8. The van der Waals surface area contributed by atoms with Crippen LogP contribution in [0, 0.1) is 0 Å². The lowest BCUT2D eigenvalue weighted by Crippen LogP contribution is -2.35. The average molecular weight is 249 g/mol. The van der Waals surface area contributed by atoms with Crippen LogP contribution in [0.1, 0.15) is 25.3 Å². The Morgan fingerprint density at radius 2 is 2.44 bits per heavy atom. The second-order valence-corrected chi connectivity index (χ2v) is 4.63. The minimum atomic E-state index is 0.0577. The molecule has 0 aromatic carbocycles. The van der Waals surface area contributed by atoms with Crippen molar-refractivity contribution in [1.29, 1.82) is 0 Å².